The first kappa shape index (κ1) is 26.9. The lowest BCUT2D eigenvalue weighted by Crippen LogP contribution is -2.46. The molecule has 7 nitrogen and oxygen atoms in total. The van der Waals surface area contributed by atoms with Crippen LogP contribution in [0.25, 0.3) is 10.4 Å². The first-order valence-electron chi connectivity index (χ1n) is 13.6. The van der Waals surface area contributed by atoms with Crippen LogP contribution in [0.4, 0.5) is 10.5 Å². The maximum absolute atomic E-state index is 13.7. The van der Waals surface area contributed by atoms with Gasteiger partial charge in [0.15, 0.2) is 0 Å². The highest BCUT2D eigenvalue weighted by Gasteiger charge is 2.38. The summed E-state index contributed by atoms with van der Waals surface area (Å²) < 4.78 is 5.50. The van der Waals surface area contributed by atoms with Crippen LogP contribution < -0.4 is 4.90 Å². The number of piperidine rings is 1. The highest BCUT2D eigenvalue weighted by molar-refractivity contribution is 7.18. The molecule has 204 valence electrons. The third kappa shape index (κ3) is 6.33. The van der Waals surface area contributed by atoms with Crippen molar-refractivity contribution < 1.29 is 24.2 Å². The van der Waals surface area contributed by atoms with Gasteiger partial charge in [-0.1, -0.05) is 67.6 Å². The zero-order valence-electron chi connectivity index (χ0n) is 22.1. The smallest absolute Gasteiger partial charge is 0.410 e. The second-order valence-corrected chi connectivity index (χ2v) is 11.7. The Morgan fingerprint density at radius 1 is 1.00 bits per heavy atom. The van der Waals surface area contributed by atoms with Gasteiger partial charge >= 0.3 is 12.1 Å². The van der Waals surface area contributed by atoms with E-state index in [4.69, 9.17) is 4.74 Å². The van der Waals surface area contributed by atoms with Crippen LogP contribution in [-0.4, -0.2) is 47.6 Å². The number of benzene rings is 2. The van der Waals surface area contributed by atoms with E-state index < -0.39 is 5.97 Å². The lowest BCUT2D eigenvalue weighted by molar-refractivity contribution is -0.126. The number of carboxylic acids is 1. The molecule has 0 bridgehead atoms. The van der Waals surface area contributed by atoms with E-state index in [2.05, 4.69) is 6.92 Å². The van der Waals surface area contributed by atoms with E-state index in [1.54, 1.807) is 9.80 Å². The lowest BCUT2D eigenvalue weighted by atomic mass is 9.75. The molecule has 1 N–H and O–H groups in total. The van der Waals surface area contributed by atoms with Crippen molar-refractivity contribution in [2.24, 2.45) is 17.8 Å². The minimum atomic E-state index is -1.02. The van der Waals surface area contributed by atoms with Crippen molar-refractivity contribution in [1.82, 2.24) is 4.90 Å². The molecule has 0 atom stereocenters. The fourth-order valence-corrected chi connectivity index (χ4v) is 6.48. The normalized spacial score (nSPS) is 19.3. The summed E-state index contributed by atoms with van der Waals surface area (Å²) in [5, 5.41) is 10.1. The van der Waals surface area contributed by atoms with Crippen LogP contribution >= 0.6 is 11.3 Å². The second kappa shape index (κ2) is 12.0. The van der Waals surface area contributed by atoms with Crippen LogP contribution in [0.2, 0.25) is 0 Å². The molecule has 1 aliphatic carbocycles. The summed E-state index contributed by atoms with van der Waals surface area (Å²) in [6.45, 7) is 3.92. The van der Waals surface area contributed by atoms with E-state index in [1.807, 2.05) is 66.7 Å². The zero-order valence-corrected chi connectivity index (χ0v) is 22.9. The van der Waals surface area contributed by atoms with Crippen molar-refractivity contribution in [3.63, 3.8) is 0 Å². The monoisotopic (exact) mass is 546 g/mol. The van der Waals surface area contributed by atoms with E-state index in [1.165, 1.54) is 11.3 Å². The van der Waals surface area contributed by atoms with Gasteiger partial charge in [0.25, 0.3) is 0 Å². The fourth-order valence-electron chi connectivity index (χ4n) is 5.48. The Hall–Kier alpha value is -3.65. The van der Waals surface area contributed by atoms with Crippen molar-refractivity contribution in [3.05, 3.63) is 77.2 Å². The molecule has 1 saturated heterocycles. The Bertz CT molecular complexity index is 1300. The van der Waals surface area contributed by atoms with Crippen LogP contribution in [0.5, 0.6) is 0 Å². The number of carbonyl (C=O) groups is 3. The zero-order chi connectivity index (χ0) is 27.4. The Kier molecular flexibility index (Phi) is 8.31. The van der Waals surface area contributed by atoms with Gasteiger partial charge in [0.1, 0.15) is 11.5 Å². The van der Waals surface area contributed by atoms with Crippen LogP contribution in [0.15, 0.2) is 66.7 Å². The summed E-state index contributed by atoms with van der Waals surface area (Å²) in [5.41, 5.74) is 2.36. The number of likely N-dealkylation sites (tertiary alicyclic amines) is 1. The average Bonchev–Trinajstić information content (AvgIpc) is 3.40. The third-order valence-corrected chi connectivity index (χ3v) is 8.92. The standard InChI is InChI=1S/C31H34N2O5S/c1-21-16-25(17-21)29(34)33(26-18-27(39-28(26)30(35)36)24-10-6-3-7-11-24)19-22-12-14-32(15-13-22)31(37)38-20-23-8-4-2-5-9-23/h2-11,18,21-22,25H,12-17,19-20H2,1H3,(H,35,36). The molecule has 8 heteroatoms. The van der Waals surface area contributed by atoms with Gasteiger partial charge in [-0.3, -0.25) is 4.79 Å². The van der Waals surface area contributed by atoms with Crippen molar-refractivity contribution in [2.75, 3.05) is 24.5 Å². The molecule has 1 aliphatic heterocycles. The van der Waals surface area contributed by atoms with Gasteiger partial charge in [-0.05, 0) is 54.7 Å². The molecular weight excluding hydrogens is 512 g/mol. The predicted octanol–water partition coefficient (Wildman–Crippen LogP) is 6.54. The maximum atomic E-state index is 13.7. The van der Waals surface area contributed by atoms with Gasteiger partial charge in [-0.15, -0.1) is 11.3 Å². The van der Waals surface area contributed by atoms with Crippen LogP contribution in [0.1, 0.15) is 47.8 Å². The van der Waals surface area contributed by atoms with Gasteiger partial charge in [0.2, 0.25) is 5.91 Å². The van der Waals surface area contributed by atoms with Crippen molar-refractivity contribution in [3.8, 4) is 10.4 Å². The molecule has 2 aliphatic rings. The van der Waals surface area contributed by atoms with Crippen LogP contribution in [-0.2, 0) is 16.1 Å². The Morgan fingerprint density at radius 3 is 2.26 bits per heavy atom. The molecule has 2 fully saturated rings. The molecule has 39 heavy (non-hydrogen) atoms. The molecule has 0 spiro atoms. The quantitative estimate of drug-likeness (QED) is 0.347. The number of thiophene rings is 1. The summed E-state index contributed by atoms with van der Waals surface area (Å²) >= 11 is 1.21. The molecule has 2 aromatic carbocycles. The van der Waals surface area contributed by atoms with Gasteiger partial charge in [-0.2, -0.15) is 0 Å². The molecule has 2 heterocycles. The molecular formula is C31H34N2O5S. The number of aromatic carboxylic acids is 1. The second-order valence-electron chi connectivity index (χ2n) is 10.7. The first-order chi connectivity index (χ1) is 18.9. The van der Waals surface area contributed by atoms with Gasteiger partial charge < -0.3 is 19.6 Å². The Balaban J connectivity index is 1.29. The van der Waals surface area contributed by atoms with E-state index in [-0.39, 0.29) is 35.3 Å². The van der Waals surface area contributed by atoms with E-state index in [0.717, 1.165) is 41.7 Å². The van der Waals surface area contributed by atoms with E-state index >= 15 is 0 Å². The highest BCUT2D eigenvalue weighted by atomic mass is 32.1. The minimum Gasteiger partial charge on any atom is -0.477 e. The van der Waals surface area contributed by atoms with Gasteiger partial charge in [0, 0.05) is 30.4 Å². The summed E-state index contributed by atoms with van der Waals surface area (Å²) in [6, 6.07) is 21.1. The summed E-state index contributed by atoms with van der Waals surface area (Å²) in [6.07, 6.45) is 2.79. The number of carbonyl (C=O) groups excluding carboxylic acids is 2. The Morgan fingerprint density at radius 2 is 1.64 bits per heavy atom. The molecule has 1 saturated carbocycles. The number of hydrogen-bond donors (Lipinski definition) is 1. The summed E-state index contributed by atoms with van der Waals surface area (Å²) in [7, 11) is 0. The minimum absolute atomic E-state index is 0.0118. The van der Waals surface area contributed by atoms with Crippen molar-refractivity contribution in [1.29, 1.82) is 0 Å². The number of anilines is 1. The van der Waals surface area contributed by atoms with Crippen LogP contribution in [0.3, 0.4) is 0 Å². The lowest BCUT2D eigenvalue weighted by Gasteiger charge is -2.38. The molecule has 2 amide bonds. The summed E-state index contributed by atoms with van der Waals surface area (Å²) in [4.78, 5) is 43.1. The SMILES string of the molecule is CC1CC(C(=O)N(CC2CCN(C(=O)OCc3ccccc3)CC2)c2cc(-c3ccccc3)sc2C(=O)O)C1. The highest BCUT2D eigenvalue weighted by Crippen LogP contribution is 2.41. The molecule has 0 unspecified atom stereocenters. The third-order valence-electron chi connectivity index (χ3n) is 7.76. The molecule has 1 aromatic heterocycles. The number of ether oxygens (including phenoxy) is 1. The van der Waals surface area contributed by atoms with E-state index in [9.17, 15) is 19.5 Å². The van der Waals surface area contributed by atoms with E-state index in [0.29, 0.717) is 31.2 Å². The first-order valence-corrected chi connectivity index (χ1v) is 14.4. The number of amides is 2. The topological polar surface area (TPSA) is 87.2 Å². The number of nitrogens with zero attached hydrogens (tertiary/aromatic N) is 2. The van der Waals surface area contributed by atoms with Gasteiger partial charge in [-0.25, -0.2) is 9.59 Å². The van der Waals surface area contributed by atoms with Crippen molar-refractivity contribution in [2.45, 2.75) is 39.2 Å². The summed E-state index contributed by atoms with van der Waals surface area (Å²) in [5.74, 6) is -0.418. The number of rotatable bonds is 8. The fraction of sp³-hybridized carbons (Fsp3) is 0.387. The van der Waals surface area contributed by atoms with Crippen LogP contribution in [0, 0.1) is 17.8 Å². The Labute approximate surface area is 233 Å². The molecule has 0 radical (unpaired) electrons. The number of hydrogen-bond acceptors (Lipinski definition) is 5. The predicted molar refractivity (Wildman–Crippen MR) is 152 cm³/mol. The average molecular weight is 547 g/mol. The largest absolute Gasteiger partial charge is 0.477 e. The number of carboxylic acid groups (broad SMARTS) is 1. The maximum Gasteiger partial charge on any atom is 0.410 e. The van der Waals surface area contributed by atoms with Gasteiger partial charge in [0.05, 0.1) is 5.69 Å². The molecule has 5 rings (SSSR count). The van der Waals surface area contributed by atoms with Crippen molar-refractivity contribution >= 4 is 35.0 Å². The molecule has 3 aromatic rings.